The Morgan fingerprint density at radius 2 is 1.68 bits per heavy atom. The molecular weight excluding hydrogens is 250 g/mol. The number of hydrogen-bond acceptors (Lipinski definition) is 5. The molecule has 0 bridgehead atoms. The number of ether oxygens (including phenoxy) is 3. The molecule has 0 fully saturated rings. The summed E-state index contributed by atoms with van der Waals surface area (Å²) in [7, 11) is 4.46. The molecule has 1 aromatic rings. The average molecular weight is 269 g/mol. The van der Waals surface area contributed by atoms with Crippen LogP contribution < -0.4 is 19.5 Å². The Bertz CT molecular complexity index is 447. The van der Waals surface area contributed by atoms with Crippen molar-refractivity contribution in [1.82, 2.24) is 5.32 Å². The van der Waals surface area contributed by atoms with E-state index in [0.29, 0.717) is 22.8 Å². The van der Waals surface area contributed by atoms with E-state index in [0.717, 1.165) is 0 Å². The van der Waals surface area contributed by atoms with Crippen molar-refractivity contribution in [3.8, 4) is 17.2 Å². The normalized spacial score (nSPS) is 11.6. The summed E-state index contributed by atoms with van der Waals surface area (Å²) < 4.78 is 15.5. The summed E-state index contributed by atoms with van der Waals surface area (Å²) in [4.78, 5) is 12.1. The van der Waals surface area contributed by atoms with Gasteiger partial charge in [-0.15, -0.1) is 0 Å². The van der Waals surface area contributed by atoms with Crippen molar-refractivity contribution in [1.29, 1.82) is 0 Å². The minimum absolute atomic E-state index is 0.138. The van der Waals surface area contributed by atoms with E-state index in [2.05, 4.69) is 5.32 Å². The predicted molar refractivity (Wildman–Crippen MR) is 70.1 cm³/mol. The molecule has 0 radical (unpaired) electrons. The highest BCUT2D eigenvalue weighted by atomic mass is 16.5. The van der Waals surface area contributed by atoms with Crippen molar-refractivity contribution < 1.29 is 24.1 Å². The molecule has 0 heterocycles. The number of rotatable bonds is 6. The SMILES string of the molecule is COc1cc(OC)c(C(=O)NC(C)CO)cc1OC. The number of carbonyl (C=O) groups is 1. The summed E-state index contributed by atoms with van der Waals surface area (Å²) in [5.74, 6) is 0.941. The highest BCUT2D eigenvalue weighted by Gasteiger charge is 2.18. The molecule has 0 saturated heterocycles. The molecule has 0 saturated carbocycles. The predicted octanol–water partition coefficient (Wildman–Crippen LogP) is 0.823. The molecule has 19 heavy (non-hydrogen) atoms. The first-order valence-electron chi connectivity index (χ1n) is 5.79. The zero-order chi connectivity index (χ0) is 14.4. The number of benzene rings is 1. The summed E-state index contributed by atoms with van der Waals surface area (Å²) in [6, 6.07) is 2.78. The van der Waals surface area contributed by atoms with Gasteiger partial charge in [0.2, 0.25) is 0 Å². The molecule has 6 heteroatoms. The highest BCUT2D eigenvalue weighted by molar-refractivity contribution is 5.98. The van der Waals surface area contributed by atoms with Crippen molar-refractivity contribution in [3.63, 3.8) is 0 Å². The molecular formula is C13H19NO5. The van der Waals surface area contributed by atoms with E-state index in [-0.39, 0.29) is 18.6 Å². The van der Waals surface area contributed by atoms with E-state index in [1.54, 1.807) is 13.0 Å². The van der Waals surface area contributed by atoms with Gasteiger partial charge in [0.05, 0.1) is 33.5 Å². The number of carbonyl (C=O) groups excluding carboxylic acids is 1. The van der Waals surface area contributed by atoms with Crippen LogP contribution >= 0.6 is 0 Å². The molecule has 0 aliphatic carbocycles. The number of nitrogens with one attached hydrogen (secondary N) is 1. The van der Waals surface area contributed by atoms with E-state index in [1.165, 1.54) is 27.4 Å². The van der Waals surface area contributed by atoms with Gasteiger partial charge in [0.25, 0.3) is 5.91 Å². The standard InChI is InChI=1S/C13H19NO5/c1-8(7-15)14-13(16)9-5-11(18-3)12(19-4)6-10(9)17-2/h5-6,8,15H,7H2,1-4H3,(H,14,16). The Kier molecular flexibility index (Phi) is 5.44. The summed E-state index contributed by atoms with van der Waals surface area (Å²) in [5.41, 5.74) is 0.320. The largest absolute Gasteiger partial charge is 0.496 e. The molecule has 106 valence electrons. The first kappa shape index (κ1) is 15.1. The van der Waals surface area contributed by atoms with Gasteiger partial charge in [-0.25, -0.2) is 0 Å². The third kappa shape index (κ3) is 3.51. The van der Waals surface area contributed by atoms with Crippen molar-refractivity contribution in [2.24, 2.45) is 0 Å². The smallest absolute Gasteiger partial charge is 0.255 e. The summed E-state index contributed by atoms with van der Waals surface area (Å²) in [6.45, 7) is 1.56. The summed E-state index contributed by atoms with van der Waals surface area (Å²) >= 11 is 0. The number of aliphatic hydroxyl groups is 1. The fourth-order valence-electron chi connectivity index (χ4n) is 1.55. The topological polar surface area (TPSA) is 77.0 Å². The Labute approximate surface area is 112 Å². The van der Waals surface area contributed by atoms with Crippen LogP contribution in [-0.2, 0) is 0 Å². The first-order valence-corrected chi connectivity index (χ1v) is 5.79. The van der Waals surface area contributed by atoms with Crippen LogP contribution in [0.5, 0.6) is 17.2 Å². The zero-order valence-corrected chi connectivity index (χ0v) is 11.5. The summed E-state index contributed by atoms with van der Waals surface area (Å²) in [6.07, 6.45) is 0. The number of aliphatic hydroxyl groups excluding tert-OH is 1. The second-order valence-corrected chi connectivity index (χ2v) is 3.96. The van der Waals surface area contributed by atoms with Gasteiger partial charge in [-0.1, -0.05) is 0 Å². The second kappa shape index (κ2) is 6.84. The molecule has 1 unspecified atom stereocenters. The van der Waals surface area contributed by atoms with Crippen LogP contribution in [0.4, 0.5) is 0 Å². The maximum Gasteiger partial charge on any atom is 0.255 e. The fourth-order valence-corrected chi connectivity index (χ4v) is 1.55. The Balaban J connectivity index is 3.14. The Hall–Kier alpha value is -1.95. The molecule has 0 aromatic heterocycles. The third-order valence-electron chi connectivity index (χ3n) is 2.60. The third-order valence-corrected chi connectivity index (χ3v) is 2.60. The van der Waals surface area contributed by atoms with Gasteiger partial charge in [-0.2, -0.15) is 0 Å². The zero-order valence-electron chi connectivity index (χ0n) is 11.5. The maximum atomic E-state index is 12.1. The van der Waals surface area contributed by atoms with Crippen molar-refractivity contribution in [2.45, 2.75) is 13.0 Å². The van der Waals surface area contributed by atoms with Crippen LogP contribution in [-0.4, -0.2) is 45.0 Å². The van der Waals surface area contributed by atoms with Gasteiger partial charge in [0.1, 0.15) is 5.75 Å². The van der Waals surface area contributed by atoms with Gasteiger partial charge < -0.3 is 24.6 Å². The molecule has 0 spiro atoms. The van der Waals surface area contributed by atoms with Crippen molar-refractivity contribution >= 4 is 5.91 Å². The van der Waals surface area contributed by atoms with Gasteiger partial charge in [-0.05, 0) is 6.92 Å². The van der Waals surface area contributed by atoms with Gasteiger partial charge in [-0.3, -0.25) is 4.79 Å². The lowest BCUT2D eigenvalue weighted by Crippen LogP contribution is -2.35. The maximum absolute atomic E-state index is 12.1. The van der Waals surface area contributed by atoms with E-state index >= 15 is 0 Å². The lowest BCUT2D eigenvalue weighted by molar-refractivity contribution is 0.0919. The molecule has 1 aromatic carbocycles. The van der Waals surface area contributed by atoms with Gasteiger partial charge in [0, 0.05) is 18.2 Å². The van der Waals surface area contributed by atoms with Gasteiger partial charge in [0.15, 0.2) is 11.5 Å². The molecule has 1 rings (SSSR count). The molecule has 0 aliphatic rings. The number of amides is 1. The van der Waals surface area contributed by atoms with Crippen LogP contribution in [0.2, 0.25) is 0 Å². The second-order valence-electron chi connectivity index (χ2n) is 3.96. The lowest BCUT2D eigenvalue weighted by Gasteiger charge is -2.15. The van der Waals surface area contributed by atoms with E-state index in [9.17, 15) is 4.79 Å². The fraction of sp³-hybridized carbons (Fsp3) is 0.462. The van der Waals surface area contributed by atoms with Crippen LogP contribution in [0, 0.1) is 0 Å². The summed E-state index contributed by atoms with van der Waals surface area (Å²) in [5, 5.41) is 11.6. The lowest BCUT2D eigenvalue weighted by atomic mass is 10.1. The minimum atomic E-state index is -0.348. The van der Waals surface area contributed by atoms with E-state index in [1.807, 2.05) is 0 Å². The van der Waals surface area contributed by atoms with Crippen molar-refractivity contribution in [2.75, 3.05) is 27.9 Å². The Morgan fingerprint density at radius 3 is 2.16 bits per heavy atom. The first-order chi connectivity index (χ1) is 9.07. The van der Waals surface area contributed by atoms with Crippen molar-refractivity contribution in [3.05, 3.63) is 17.7 Å². The van der Waals surface area contributed by atoms with Crippen LogP contribution in [0.25, 0.3) is 0 Å². The van der Waals surface area contributed by atoms with Crippen LogP contribution in [0.15, 0.2) is 12.1 Å². The molecule has 2 N–H and O–H groups in total. The van der Waals surface area contributed by atoms with E-state index < -0.39 is 0 Å². The highest BCUT2D eigenvalue weighted by Crippen LogP contribution is 2.34. The van der Waals surface area contributed by atoms with Crippen LogP contribution in [0.1, 0.15) is 17.3 Å². The molecule has 6 nitrogen and oxygen atoms in total. The molecule has 1 amide bonds. The Morgan fingerprint density at radius 1 is 1.16 bits per heavy atom. The molecule has 0 aliphatic heterocycles. The minimum Gasteiger partial charge on any atom is -0.496 e. The van der Waals surface area contributed by atoms with Gasteiger partial charge >= 0.3 is 0 Å². The van der Waals surface area contributed by atoms with E-state index in [4.69, 9.17) is 19.3 Å². The average Bonchev–Trinajstić information content (AvgIpc) is 2.45. The number of hydrogen-bond donors (Lipinski definition) is 2. The monoisotopic (exact) mass is 269 g/mol. The molecule has 1 atom stereocenters. The number of methoxy groups -OCH3 is 3. The van der Waals surface area contributed by atoms with Crippen LogP contribution in [0.3, 0.4) is 0 Å². The quantitative estimate of drug-likeness (QED) is 0.799.